The van der Waals surface area contributed by atoms with Crippen LogP contribution in [-0.4, -0.2) is 51.9 Å². The second-order valence-electron chi connectivity index (χ2n) is 8.67. The van der Waals surface area contributed by atoms with Crippen molar-refractivity contribution in [1.82, 2.24) is 14.9 Å². The summed E-state index contributed by atoms with van der Waals surface area (Å²) in [6.45, 7) is 5.68. The first-order chi connectivity index (χ1) is 13.7. The number of aromatic nitrogens is 2. The molecule has 7 nitrogen and oxygen atoms in total. The van der Waals surface area contributed by atoms with Crippen LogP contribution in [0.1, 0.15) is 46.5 Å². The van der Waals surface area contributed by atoms with Crippen LogP contribution in [0.3, 0.4) is 0 Å². The number of hydrogen-bond donors (Lipinski definition) is 0. The first-order valence-electron chi connectivity index (χ1n) is 9.91. The van der Waals surface area contributed by atoms with Crippen LogP contribution in [0.15, 0.2) is 18.5 Å². The van der Waals surface area contributed by atoms with E-state index in [9.17, 15) is 4.79 Å². The number of fused-ring (bicyclic) bond motifs is 3. The van der Waals surface area contributed by atoms with E-state index < -0.39 is 5.60 Å². The molecule has 2 aliphatic heterocycles. The molecule has 0 saturated carbocycles. The zero-order chi connectivity index (χ0) is 20.8. The fourth-order valence-electron chi connectivity index (χ4n) is 4.30. The molecule has 2 bridgehead atoms. The maximum Gasteiger partial charge on any atom is 0.410 e. The lowest BCUT2D eigenvalue weighted by atomic mass is 10.00. The number of carbonyl (C=O) groups is 1. The van der Waals surface area contributed by atoms with Gasteiger partial charge < -0.3 is 19.1 Å². The summed E-state index contributed by atoms with van der Waals surface area (Å²) in [5.74, 6) is 1.22. The highest BCUT2D eigenvalue weighted by Crippen LogP contribution is 2.41. The Morgan fingerprint density at radius 1 is 1.14 bits per heavy atom. The zero-order valence-electron chi connectivity index (χ0n) is 17.1. The van der Waals surface area contributed by atoms with E-state index in [1.54, 1.807) is 7.11 Å². The number of nitrogens with zero attached hydrogens (tertiary/aromatic N) is 3. The lowest BCUT2D eigenvalue weighted by Gasteiger charge is -2.39. The molecule has 1 amide bonds. The molecule has 2 atom stereocenters. The monoisotopic (exact) mass is 419 g/mol. The predicted octanol–water partition coefficient (Wildman–Crippen LogP) is 4.60. The molecule has 29 heavy (non-hydrogen) atoms. The summed E-state index contributed by atoms with van der Waals surface area (Å²) in [5, 5.41) is 1.10. The molecule has 0 N–H and O–H groups in total. The molecule has 1 aromatic carbocycles. The molecule has 3 heterocycles. The van der Waals surface area contributed by atoms with Gasteiger partial charge in [0.25, 0.3) is 0 Å². The Labute approximate surface area is 175 Å². The molecule has 4 rings (SSSR count). The predicted molar refractivity (Wildman–Crippen MR) is 110 cm³/mol. The van der Waals surface area contributed by atoms with E-state index in [2.05, 4.69) is 9.97 Å². The molecule has 0 aliphatic carbocycles. The molecule has 1 aromatic heterocycles. The Morgan fingerprint density at radius 3 is 2.45 bits per heavy atom. The quantitative estimate of drug-likeness (QED) is 0.677. The van der Waals surface area contributed by atoms with Crippen LogP contribution in [-0.2, 0) is 4.74 Å². The molecule has 2 unspecified atom stereocenters. The van der Waals surface area contributed by atoms with E-state index in [1.807, 2.05) is 37.8 Å². The molecular formula is C21H26ClN3O4. The molecule has 2 fully saturated rings. The van der Waals surface area contributed by atoms with Crippen LogP contribution in [0.4, 0.5) is 4.79 Å². The van der Waals surface area contributed by atoms with Crippen LogP contribution in [0.25, 0.3) is 10.9 Å². The third kappa shape index (κ3) is 4.06. The minimum Gasteiger partial charge on any atom is -0.493 e. The number of halogens is 1. The summed E-state index contributed by atoms with van der Waals surface area (Å²) >= 11 is 6.22. The molecule has 156 valence electrons. The number of methoxy groups -OCH3 is 1. The van der Waals surface area contributed by atoms with Crippen molar-refractivity contribution >= 4 is 28.6 Å². The van der Waals surface area contributed by atoms with Gasteiger partial charge in [0.05, 0.1) is 12.6 Å². The fourth-order valence-corrected chi connectivity index (χ4v) is 4.49. The number of carbonyl (C=O) groups excluding carboxylic acids is 1. The van der Waals surface area contributed by atoms with E-state index in [1.165, 1.54) is 6.33 Å². The molecule has 2 aromatic rings. The van der Waals surface area contributed by atoms with E-state index in [-0.39, 0.29) is 24.3 Å². The maximum absolute atomic E-state index is 12.6. The number of hydrogen-bond acceptors (Lipinski definition) is 6. The largest absolute Gasteiger partial charge is 0.493 e. The van der Waals surface area contributed by atoms with Crippen molar-refractivity contribution in [2.24, 2.45) is 0 Å². The summed E-state index contributed by atoms with van der Waals surface area (Å²) in [6, 6.07) is 3.90. The standard InChI is InChI=1S/C21H26ClN3O4/c1-21(2,3)29-20(26)25-12-5-6-13(25)8-14(7-12)28-18-9-15-16(10-17(18)27-4)23-11-24-19(15)22/h9-14H,5-8H2,1-4H3. The van der Waals surface area contributed by atoms with Gasteiger partial charge in [0.1, 0.15) is 23.2 Å². The van der Waals surface area contributed by atoms with E-state index in [4.69, 9.17) is 25.8 Å². The lowest BCUT2D eigenvalue weighted by Crippen LogP contribution is -2.50. The van der Waals surface area contributed by atoms with Gasteiger partial charge in [-0.05, 0) is 39.7 Å². The van der Waals surface area contributed by atoms with Gasteiger partial charge >= 0.3 is 6.09 Å². The SMILES string of the molecule is COc1cc2ncnc(Cl)c2cc1OC1CC2CCC(C1)N2C(=O)OC(C)(C)C. The van der Waals surface area contributed by atoms with E-state index >= 15 is 0 Å². The topological polar surface area (TPSA) is 73.8 Å². The average Bonchev–Trinajstić information content (AvgIpc) is 2.92. The third-order valence-electron chi connectivity index (χ3n) is 5.46. The van der Waals surface area contributed by atoms with Crippen molar-refractivity contribution in [1.29, 1.82) is 0 Å². The van der Waals surface area contributed by atoms with Gasteiger partial charge in [-0.1, -0.05) is 11.6 Å². The highest BCUT2D eigenvalue weighted by Gasteiger charge is 2.45. The Kier molecular flexibility index (Phi) is 5.19. The van der Waals surface area contributed by atoms with Gasteiger partial charge in [0.2, 0.25) is 0 Å². The molecule has 8 heteroatoms. The Morgan fingerprint density at radius 2 is 1.83 bits per heavy atom. The third-order valence-corrected chi connectivity index (χ3v) is 5.76. The van der Waals surface area contributed by atoms with Gasteiger partial charge in [0.15, 0.2) is 11.5 Å². The molecular weight excluding hydrogens is 394 g/mol. The van der Waals surface area contributed by atoms with Gasteiger partial charge in [0, 0.05) is 36.4 Å². The summed E-state index contributed by atoms with van der Waals surface area (Å²) < 4.78 is 17.4. The number of amides is 1. The number of ether oxygens (including phenoxy) is 3. The smallest absolute Gasteiger partial charge is 0.410 e. The zero-order valence-corrected chi connectivity index (χ0v) is 17.9. The van der Waals surface area contributed by atoms with Crippen molar-refractivity contribution in [3.05, 3.63) is 23.6 Å². The Hall–Kier alpha value is -2.28. The van der Waals surface area contributed by atoms with Crippen molar-refractivity contribution in [2.45, 2.75) is 70.2 Å². The van der Waals surface area contributed by atoms with Crippen LogP contribution >= 0.6 is 11.6 Å². The number of benzene rings is 1. The molecule has 2 saturated heterocycles. The highest BCUT2D eigenvalue weighted by molar-refractivity contribution is 6.34. The molecule has 0 spiro atoms. The van der Waals surface area contributed by atoms with Crippen molar-refractivity contribution in [3.63, 3.8) is 0 Å². The summed E-state index contributed by atoms with van der Waals surface area (Å²) in [5.41, 5.74) is 0.206. The summed E-state index contributed by atoms with van der Waals surface area (Å²) in [6.07, 6.45) is 4.65. The number of piperidine rings is 1. The minimum absolute atomic E-state index is 0.0130. The number of rotatable bonds is 3. The Bertz CT molecular complexity index is 916. The van der Waals surface area contributed by atoms with Crippen LogP contribution in [0, 0.1) is 0 Å². The van der Waals surface area contributed by atoms with Crippen LogP contribution < -0.4 is 9.47 Å². The van der Waals surface area contributed by atoms with Crippen LogP contribution in [0.5, 0.6) is 11.5 Å². The fraction of sp³-hybridized carbons (Fsp3) is 0.571. The highest BCUT2D eigenvalue weighted by atomic mass is 35.5. The van der Waals surface area contributed by atoms with E-state index in [0.717, 1.165) is 31.1 Å². The van der Waals surface area contributed by atoms with Crippen molar-refractivity contribution in [2.75, 3.05) is 7.11 Å². The van der Waals surface area contributed by atoms with Crippen molar-refractivity contribution < 1.29 is 19.0 Å². The second-order valence-corrected chi connectivity index (χ2v) is 9.03. The molecule has 0 radical (unpaired) electrons. The van der Waals surface area contributed by atoms with Gasteiger partial charge in [-0.2, -0.15) is 0 Å². The summed E-state index contributed by atoms with van der Waals surface area (Å²) in [4.78, 5) is 22.8. The normalized spacial score (nSPS) is 23.9. The molecule has 2 aliphatic rings. The summed E-state index contributed by atoms with van der Waals surface area (Å²) in [7, 11) is 1.60. The van der Waals surface area contributed by atoms with Gasteiger partial charge in [-0.3, -0.25) is 0 Å². The first kappa shape index (κ1) is 20.0. The van der Waals surface area contributed by atoms with Gasteiger partial charge in [-0.15, -0.1) is 0 Å². The maximum atomic E-state index is 12.6. The average molecular weight is 420 g/mol. The minimum atomic E-state index is -0.496. The van der Waals surface area contributed by atoms with Crippen molar-refractivity contribution in [3.8, 4) is 11.5 Å². The van der Waals surface area contributed by atoms with E-state index in [0.29, 0.717) is 22.2 Å². The second kappa shape index (κ2) is 7.52. The lowest BCUT2D eigenvalue weighted by molar-refractivity contribution is -0.00734. The Balaban J connectivity index is 1.52. The van der Waals surface area contributed by atoms with Crippen LogP contribution in [0.2, 0.25) is 5.15 Å². The first-order valence-corrected chi connectivity index (χ1v) is 10.3. The van der Waals surface area contributed by atoms with Gasteiger partial charge in [-0.25, -0.2) is 14.8 Å².